The number of halogens is 1. The fraction of sp³-hybridized carbons (Fsp3) is 0.588. The number of nitrogens with zero attached hydrogens (tertiary/aromatic N) is 1. The van der Waals surface area contributed by atoms with Crippen molar-refractivity contribution in [2.45, 2.75) is 38.1 Å². The van der Waals surface area contributed by atoms with Gasteiger partial charge in [-0.15, -0.1) is 0 Å². The SMILES string of the molecule is CN(CCCOc1ccccc1Cl)C(=O)[C@H]1CCC[C@@H](N)C1. The molecule has 22 heavy (non-hydrogen) atoms. The third kappa shape index (κ3) is 4.89. The van der Waals surface area contributed by atoms with Crippen LogP contribution in [0, 0.1) is 5.92 Å². The second-order valence-electron chi connectivity index (χ2n) is 6.02. The van der Waals surface area contributed by atoms with Crippen LogP contribution in [-0.4, -0.2) is 37.0 Å². The third-order valence-electron chi connectivity index (χ3n) is 4.17. The smallest absolute Gasteiger partial charge is 0.225 e. The molecule has 0 heterocycles. The minimum atomic E-state index is 0.0956. The van der Waals surface area contributed by atoms with Gasteiger partial charge in [0.15, 0.2) is 0 Å². The molecule has 1 aromatic rings. The molecule has 0 bridgehead atoms. The molecule has 2 N–H and O–H groups in total. The first-order valence-electron chi connectivity index (χ1n) is 7.96. The number of hydrogen-bond acceptors (Lipinski definition) is 3. The van der Waals surface area contributed by atoms with Gasteiger partial charge in [-0.1, -0.05) is 30.2 Å². The van der Waals surface area contributed by atoms with Gasteiger partial charge in [0, 0.05) is 25.6 Å². The average Bonchev–Trinajstić information content (AvgIpc) is 2.52. The maximum absolute atomic E-state index is 12.4. The monoisotopic (exact) mass is 324 g/mol. The molecule has 0 unspecified atom stereocenters. The predicted molar refractivity (Wildman–Crippen MR) is 89.1 cm³/mol. The molecule has 1 aliphatic rings. The van der Waals surface area contributed by atoms with E-state index in [1.807, 2.05) is 25.2 Å². The molecule has 0 radical (unpaired) electrons. The molecule has 1 fully saturated rings. The van der Waals surface area contributed by atoms with E-state index in [1.165, 1.54) is 0 Å². The summed E-state index contributed by atoms with van der Waals surface area (Å²) in [6.45, 7) is 1.24. The van der Waals surface area contributed by atoms with Gasteiger partial charge in [0.25, 0.3) is 0 Å². The first-order valence-corrected chi connectivity index (χ1v) is 8.33. The topological polar surface area (TPSA) is 55.6 Å². The van der Waals surface area contributed by atoms with E-state index >= 15 is 0 Å². The molecule has 1 saturated carbocycles. The second-order valence-corrected chi connectivity index (χ2v) is 6.42. The Morgan fingerprint density at radius 3 is 2.91 bits per heavy atom. The highest BCUT2D eigenvalue weighted by Gasteiger charge is 2.27. The van der Waals surface area contributed by atoms with Crippen molar-refractivity contribution in [1.29, 1.82) is 0 Å². The molecular formula is C17H25ClN2O2. The molecule has 0 spiro atoms. The summed E-state index contributed by atoms with van der Waals surface area (Å²) in [5.41, 5.74) is 5.96. The molecule has 0 aliphatic heterocycles. The lowest BCUT2D eigenvalue weighted by atomic mass is 9.85. The number of hydrogen-bond donors (Lipinski definition) is 1. The van der Waals surface area contributed by atoms with Crippen LogP contribution in [0.15, 0.2) is 24.3 Å². The highest BCUT2D eigenvalue weighted by molar-refractivity contribution is 6.32. The van der Waals surface area contributed by atoms with Crippen molar-refractivity contribution in [2.24, 2.45) is 11.7 Å². The van der Waals surface area contributed by atoms with E-state index in [9.17, 15) is 4.79 Å². The summed E-state index contributed by atoms with van der Waals surface area (Å²) in [6.07, 6.45) is 4.67. The molecule has 1 aliphatic carbocycles. The Morgan fingerprint density at radius 2 is 2.18 bits per heavy atom. The number of carbonyl (C=O) groups is 1. The lowest BCUT2D eigenvalue weighted by molar-refractivity contribution is -0.135. The van der Waals surface area contributed by atoms with Gasteiger partial charge < -0.3 is 15.4 Å². The molecule has 2 atom stereocenters. The molecule has 0 aromatic heterocycles. The summed E-state index contributed by atoms with van der Waals surface area (Å²) in [7, 11) is 1.86. The fourth-order valence-corrected chi connectivity index (χ4v) is 3.11. The first kappa shape index (κ1) is 17.1. The third-order valence-corrected chi connectivity index (χ3v) is 4.48. The standard InChI is InChI=1S/C17H25ClN2O2/c1-20(17(21)13-6-4-7-14(19)12-13)10-5-11-22-16-9-3-2-8-15(16)18/h2-3,8-9,13-14H,4-7,10-12,19H2,1H3/t13-,14+/m0/s1. The zero-order chi connectivity index (χ0) is 15.9. The van der Waals surface area contributed by atoms with Gasteiger partial charge >= 0.3 is 0 Å². The second kappa shape index (κ2) is 8.39. The van der Waals surface area contributed by atoms with Gasteiger partial charge in [0.2, 0.25) is 5.91 Å². The minimum Gasteiger partial charge on any atom is -0.492 e. The van der Waals surface area contributed by atoms with Crippen molar-refractivity contribution in [3.8, 4) is 5.75 Å². The van der Waals surface area contributed by atoms with Gasteiger partial charge in [-0.05, 0) is 37.8 Å². The van der Waals surface area contributed by atoms with Crippen LogP contribution in [0.4, 0.5) is 0 Å². The maximum atomic E-state index is 12.4. The highest BCUT2D eigenvalue weighted by Crippen LogP contribution is 2.25. The normalized spacial score (nSPS) is 21.4. The summed E-state index contributed by atoms with van der Waals surface area (Å²) < 4.78 is 5.64. The van der Waals surface area contributed by atoms with Gasteiger partial charge in [-0.3, -0.25) is 4.79 Å². The van der Waals surface area contributed by atoms with Crippen LogP contribution in [0.1, 0.15) is 32.1 Å². The van der Waals surface area contributed by atoms with Crippen LogP contribution in [0.2, 0.25) is 5.02 Å². The van der Waals surface area contributed by atoms with Crippen molar-refractivity contribution < 1.29 is 9.53 Å². The van der Waals surface area contributed by atoms with Crippen molar-refractivity contribution in [2.75, 3.05) is 20.2 Å². The van der Waals surface area contributed by atoms with Crippen molar-refractivity contribution >= 4 is 17.5 Å². The molecule has 4 nitrogen and oxygen atoms in total. The zero-order valence-electron chi connectivity index (χ0n) is 13.1. The Balaban J connectivity index is 1.70. The zero-order valence-corrected chi connectivity index (χ0v) is 13.9. The Labute approximate surface area is 137 Å². The number of benzene rings is 1. The van der Waals surface area contributed by atoms with Crippen LogP contribution >= 0.6 is 11.6 Å². The van der Waals surface area contributed by atoms with Crippen LogP contribution in [0.5, 0.6) is 5.75 Å². The largest absolute Gasteiger partial charge is 0.492 e. The molecule has 122 valence electrons. The summed E-state index contributed by atoms with van der Waals surface area (Å²) in [6, 6.07) is 7.60. The predicted octanol–water partition coefficient (Wildman–Crippen LogP) is 3.08. The maximum Gasteiger partial charge on any atom is 0.225 e. The van der Waals surface area contributed by atoms with Gasteiger partial charge in [-0.2, -0.15) is 0 Å². The number of nitrogens with two attached hydrogens (primary N) is 1. The van der Waals surface area contributed by atoms with E-state index in [0.717, 1.165) is 32.1 Å². The lowest BCUT2D eigenvalue weighted by Gasteiger charge is -2.29. The van der Waals surface area contributed by atoms with Crippen LogP contribution in [0.25, 0.3) is 0 Å². The summed E-state index contributed by atoms with van der Waals surface area (Å²) in [4.78, 5) is 14.2. The number of carbonyl (C=O) groups excluding carboxylic acids is 1. The average molecular weight is 325 g/mol. The van der Waals surface area contributed by atoms with Gasteiger partial charge in [-0.25, -0.2) is 0 Å². The van der Waals surface area contributed by atoms with E-state index in [0.29, 0.717) is 23.9 Å². The van der Waals surface area contributed by atoms with E-state index < -0.39 is 0 Å². The van der Waals surface area contributed by atoms with Crippen molar-refractivity contribution in [1.82, 2.24) is 4.90 Å². The number of amides is 1. The van der Waals surface area contributed by atoms with E-state index in [4.69, 9.17) is 22.1 Å². The molecule has 1 amide bonds. The number of ether oxygens (including phenoxy) is 1. The van der Waals surface area contributed by atoms with E-state index in [-0.39, 0.29) is 17.9 Å². The Kier molecular flexibility index (Phi) is 6.52. The van der Waals surface area contributed by atoms with Gasteiger partial charge in [0.1, 0.15) is 5.75 Å². The Hall–Kier alpha value is -1.26. The summed E-state index contributed by atoms with van der Waals surface area (Å²) in [5, 5.41) is 0.614. The molecule has 0 saturated heterocycles. The van der Waals surface area contributed by atoms with E-state index in [1.54, 1.807) is 11.0 Å². The number of rotatable bonds is 6. The van der Waals surface area contributed by atoms with Crippen molar-refractivity contribution in [3.63, 3.8) is 0 Å². The highest BCUT2D eigenvalue weighted by atomic mass is 35.5. The molecule has 2 rings (SSSR count). The molecule has 5 heteroatoms. The number of para-hydroxylation sites is 1. The summed E-state index contributed by atoms with van der Waals surface area (Å²) >= 11 is 6.03. The quantitative estimate of drug-likeness (QED) is 0.818. The van der Waals surface area contributed by atoms with Crippen molar-refractivity contribution in [3.05, 3.63) is 29.3 Å². The Morgan fingerprint density at radius 1 is 1.41 bits per heavy atom. The molecular weight excluding hydrogens is 300 g/mol. The van der Waals surface area contributed by atoms with Crippen LogP contribution in [-0.2, 0) is 4.79 Å². The van der Waals surface area contributed by atoms with Crippen LogP contribution < -0.4 is 10.5 Å². The lowest BCUT2D eigenvalue weighted by Crippen LogP contribution is -2.39. The van der Waals surface area contributed by atoms with Crippen LogP contribution in [0.3, 0.4) is 0 Å². The first-order chi connectivity index (χ1) is 10.6. The van der Waals surface area contributed by atoms with Gasteiger partial charge in [0.05, 0.1) is 11.6 Å². The van der Waals surface area contributed by atoms with E-state index in [2.05, 4.69) is 0 Å². The molecule has 1 aromatic carbocycles. The summed E-state index contributed by atoms with van der Waals surface area (Å²) in [5.74, 6) is 1.00. The fourth-order valence-electron chi connectivity index (χ4n) is 2.92. The minimum absolute atomic E-state index is 0.0956. The Bertz CT molecular complexity index is 495.